The first-order chi connectivity index (χ1) is 15.9. The van der Waals surface area contributed by atoms with Gasteiger partial charge in [-0.05, 0) is 55.3 Å². The summed E-state index contributed by atoms with van der Waals surface area (Å²) in [6.45, 7) is 2.05. The molecule has 0 saturated carbocycles. The Bertz CT molecular complexity index is 1280. The van der Waals surface area contributed by atoms with Crippen LogP contribution in [0.25, 0.3) is 0 Å². The molecule has 1 aromatic heterocycles. The van der Waals surface area contributed by atoms with Crippen LogP contribution < -0.4 is 4.90 Å². The van der Waals surface area contributed by atoms with Gasteiger partial charge in [0.25, 0.3) is 17.7 Å². The lowest BCUT2D eigenvalue weighted by atomic mass is 10.1. The lowest BCUT2D eigenvalue weighted by Crippen LogP contribution is -2.39. The zero-order valence-electron chi connectivity index (χ0n) is 17.8. The Morgan fingerprint density at radius 1 is 1.03 bits per heavy atom. The highest BCUT2D eigenvalue weighted by Crippen LogP contribution is 2.29. The average Bonchev–Trinajstić information content (AvgIpc) is 3.55. The predicted octanol–water partition coefficient (Wildman–Crippen LogP) is 3.21. The second-order valence-corrected chi connectivity index (χ2v) is 7.95. The molecule has 166 valence electrons. The van der Waals surface area contributed by atoms with Crippen molar-refractivity contribution in [3.8, 4) is 0 Å². The Kier molecular flexibility index (Phi) is 5.05. The molecule has 0 aliphatic carbocycles. The number of hydrogen-bond acceptors (Lipinski definition) is 6. The van der Waals surface area contributed by atoms with E-state index in [4.69, 9.17) is 9.15 Å². The van der Waals surface area contributed by atoms with Crippen LogP contribution in [-0.4, -0.2) is 41.2 Å². The van der Waals surface area contributed by atoms with Gasteiger partial charge in [0.05, 0.1) is 29.5 Å². The number of furan rings is 1. The summed E-state index contributed by atoms with van der Waals surface area (Å²) >= 11 is 0. The fraction of sp³-hybridized carbons (Fsp3) is 0.200. The summed E-state index contributed by atoms with van der Waals surface area (Å²) < 4.78 is 10.6. The van der Waals surface area contributed by atoms with Crippen LogP contribution in [0.3, 0.4) is 0 Å². The monoisotopic (exact) mass is 444 g/mol. The summed E-state index contributed by atoms with van der Waals surface area (Å²) in [5.41, 5.74) is 2.32. The van der Waals surface area contributed by atoms with Gasteiger partial charge in [0.1, 0.15) is 5.76 Å². The average molecular weight is 444 g/mol. The number of benzene rings is 2. The maximum absolute atomic E-state index is 12.9. The van der Waals surface area contributed by atoms with Crippen LogP contribution in [0.5, 0.6) is 0 Å². The van der Waals surface area contributed by atoms with Crippen molar-refractivity contribution < 1.29 is 28.3 Å². The molecule has 3 heterocycles. The Balaban J connectivity index is 1.30. The molecule has 0 saturated heterocycles. The van der Waals surface area contributed by atoms with Gasteiger partial charge in [-0.15, -0.1) is 0 Å². The third kappa shape index (κ3) is 3.59. The number of ether oxygens (including phenoxy) is 1. The van der Waals surface area contributed by atoms with E-state index in [1.165, 1.54) is 31.4 Å². The molecule has 1 unspecified atom stereocenters. The molecule has 5 rings (SSSR count). The number of anilines is 1. The molecule has 3 aromatic rings. The molecule has 2 aliphatic heterocycles. The van der Waals surface area contributed by atoms with E-state index in [0.29, 0.717) is 12.3 Å². The van der Waals surface area contributed by atoms with Crippen molar-refractivity contribution in [2.24, 2.45) is 0 Å². The highest BCUT2D eigenvalue weighted by Gasteiger charge is 2.37. The summed E-state index contributed by atoms with van der Waals surface area (Å²) in [5.74, 6) is -1.55. The number of carbonyl (C=O) groups is 4. The van der Waals surface area contributed by atoms with Crippen LogP contribution in [0, 0.1) is 0 Å². The minimum atomic E-state index is -1.01. The van der Waals surface area contributed by atoms with Gasteiger partial charge < -0.3 is 14.1 Å². The van der Waals surface area contributed by atoms with Crippen molar-refractivity contribution in [1.29, 1.82) is 0 Å². The maximum atomic E-state index is 12.9. The van der Waals surface area contributed by atoms with Crippen molar-refractivity contribution >= 4 is 29.4 Å². The molecule has 2 aromatic carbocycles. The number of esters is 1. The van der Waals surface area contributed by atoms with Crippen molar-refractivity contribution in [2.45, 2.75) is 26.0 Å². The summed E-state index contributed by atoms with van der Waals surface area (Å²) in [5, 5.41) is 0. The van der Waals surface area contributed by atoms with E-state index in [1.54, 1.807) is 17.0 Å². The van der Waals surface area contributed by atoms with Crippen LogP contribution in [0.1, 0.15) is 49.3 Å². The number of nitrogens with zero attached hydrogens (tertiary/aromatic N) is 2. The second kappa shape index (κ2) is 8.05. The molecule has 1 atom stereocenters. The zero-order valence-corrected chi connectivity index (χ0v) is 17.8. The number of fused-ring (bicyclic) bond motifs is 2. The highest BCUT2D eigenvalue weighted by molar-refractivity contribution is 6.21. The molecule has 0 spiro atoms. The van der Waals surface area contributed by atoms with Gasteiger partial charge in [-0.2, -0.15) is 0 Å². The third-order valence-corrected chi connectivity index (χ3v) is 5.89. The fourth-order valence-corrected chi connectivity index (χ4v) is 4.19. The van der Waals surface area contributed by atoms with E-state index in [0.717, 1.165) is 22.6 Å². The normalized spacial score (nSPS) is 15.4. The lowest BCUT2D eigenvalue weighted by Gasteiger charge is -2.21. The van der Waals surface area contributed by atoms with Gasteiger partial charge in [-0.3, -0.25) is 19.3 Å². The zero-order chi connectivity index (χ0) is 23.1. The molecule has 0 N–H and O–H groups in total. The highest BCUT2D eigenvalue weighted by atomic mass is 16.5. The van der Waals surface area contributed by atoms with Gasteiger partial charge >= 0.3 is 5.97 Å². The maximum Gasteiger partial charge on any atom is 0.338 e. The molecular formula is C25H20N2O6. The predicted molar refractivity (Wildman–Crippen MR) is 117 cm³/mol. The molecule has 8 nitrogen and oxygen atoms in total. The Labute approximate surface area is 189 Å². The van der Waals surface area contributed by atoms with E-state index in [1.807, 2.05) is 24.3 Å². The summed E-state index contributed by atoms with van der Waals surface area (Å²) in [4.78, 5) is 53.7. The molecule has 0 fully saturated rings. The van der Waals surface area contributed by atoms with E-state index in [-0.39, 0.29) is 29.1 Å². The number of rotatable bonds is 5. The summed E-state index contributed by atoms with van der Waals surface area (Å²) in [7, 11) is 0. The number of hydrogen-bond donors (Lipinski definition) is 0. The lowest BCUT2D eigenvalue weighted by molar-refractivity contribution is -0.126. The molecule has 3 amide bonds. The van der Waals surface area contributed by atoms with Crippen molar-refractivity contribution in [2.75, 3.05) is 11.4 Å². The Morgan fingerprint density at radius 3 is 2.61 bits per heavy atom. The SMILES string of the molecule is CC(OC(=O)c1ccc2c(c1)C(=O)N(Cc1ccco1)C2=O)C(=O)N1CCc2ccccc21. The third-order valence-electron chi connectivity index (χ3n) is 5.89. The van der Waals surface area contributed by atoms with Gasteiger partial charge in [0, 0.05) is 12.2 Å². The Hall–Kier alpha value is -4.20. The largest absolute Gasteiger partial charge is 0.467 e. The molecule has 33 heavy (non-hydrogen) atoms. The van der Waals surface area contributed by atoms with Gasteiger partial charge in [-0.25, -0.2) is 4.79 Å². The molecule has 8 heteroatoms. The smallest absolute Gasteiger partial charge is 0.338 e. The van der Waals surface area contributed by atoms with Crippen LogP contribution in [0.4, 0.5) is 5.69 Å². The van der Waals surface area contributed by atoms with Gasteiger partial charge in [-0.1, -0.05) is 18.2 Å². The van der Waals surface area contributed by atoms with Crippen LogP contribution in [0.15, 0.2) is 65.3 Å². The van der Waals surface area contributed by atoms with Crippen LogP contribution in [-0.2, 0) is 22.5 Å². The van der Waals surface area contributed by atoms with Crippen LogP contribution in [0.2, 0.25) is 0 Å². The van der Waals surface area contributed by atoms with Crippen LogP contribution >= 0.6 is 0 Å². The first kappa shape index (κ1) is 20.7. The van der Waals surface area contributed by atoms with Crippen molar-refractivity contribution in [3.05, 3.63) is 88.9 Å². The van der Waals surface area contributed by atoms with E-state index >= 15 is 0 Å². The number of carbonyl (C=O) groups excluding carboxylic acids is 4. The van der Waals surface area contributed by atoms with E-state index in [9.17, 15) is 19.2 Å². The standard InChI is InChI=1S/C25H20N2O6/c1-15(22(28)26-11-10-16-5-2-3-7-21(16)26)33-25(31)17-8-9-19-20(13-17)24(30)27(23(19)29)14-18-6-4-12-32-18/h2-9,12-13,15H,10-11,14H2,1H3. The summed E-state index contributed by atoms with van der Waals surface area (Å²) in [6, 6.07) is 15.1. The van der Waals surface area contributed by atoms with Gasteiger partial charge in [0.15, 0.2) is 6.10 Å². The van der Waals surface area contributed by atoms with E-state index in [2.05, 4.69) is 0 Å². The number of para-hydroxylation sites is 1. The topological polar surface area (TPSA) is 97.1 Å². The molecular weight excluding hydrogens is 424 g/mol. The number of imide groups is 1. The van der Waals surface area contributed by atoms with Crippen molar-refractivity contribution in [3.63, 3.8) is 0 Å². The van der Waals surface area contributed by atoms with Crippen molar-refractivity contribution in [1.82, 2.24) is 4.90 Å². The van der Waals surface area contributed by atoms with E-state index < -0.39 is 23.9 Å². The molecule has 2 aliphatic rings. The molecule has 0 radical (unpaired) electrons. The first-order valence-electron chi connectivity index (χ1n) is 10.6. The first-order valence-corrected chi connectivity index (χ1v) is 10.6. The quantitative estimate of drug-likeness (QED) is 0.443. The second-order valence-electron chi connectivity index (χ2n) is 7.95. The van der Waals surface area contributed by atoms with Gasteiger partial charge in [0.2, 0.25) is 0 Å². The minimum Gasteiger partial charge on any atom is -0.467 e. The fourth-order valence-electron chi connectivity index (χ4n) is 4.19. The minimum absolute atomic E-state index is 0.00196. The summed E-state index contributed by atoms with van der Waals surface area (Å²) in [6.07, 6.45) is 1.20. The number of amides is 3. The molecule has 0 bridgehead atoms. The Morgan fingerprint density at radius 2 is 1.82 bits per heavy atom.